The standard InChI is InChI=1S/C13H20N2O.HI/c1-4-15(5-2)10-13(16)14-12-9-7-6-8-11(12)3;/h6-9H,4-5,10H2,1-3H3,(H,14,16);1H. The summed E-state index contributed by atoms with van der Waals surface area (Å²) < 4.78 is 0. The van der Waals surface area contributed by atoms with Gasteiger partial charge in [0.1, 0.15) is 0 Å². The number of hydrogen-bond donors (Lipinski definition) is 1. The SMILES string of the molecule is CCN(CC)CC(=O)Nc1ccccc1C.I. The molecule has 1 aromatic carbocycles. The van der Waals surface area contributed by atoms with Crippen LogP contribution in [0.15, 0.2) is 24.3 Å². The molecule has 1 amide bonds. The number of carbonyl (C=O) groups excluding carboxylic acids is 1. The lowest BCUT2D eigenvalue weighted by atomic mass is 10.2. The Kier molecular flexibility index (Phi) is 8.16. The molecule has 0 saturated carbocycles. The van der Waals surface area contributed by atoms with Crippen LogP contribution in [0.5, 0.6) is 0 Å². The molecule has 17 heavy (non-hydrogen) atoms. The molecular formula is C13H21IN2O. The molecule has 3 nitrogen and oxygen atoms in total. The predicted octanol–water partition coefficient (Wildman–Crippen LogP) is 2.89. The summed E-state index contributed by atoms with van der Waals surface area (Å²) in [5.41, 5.74) is 2.00. The third kappa shape index (κ3) is 5.50. The molecule has 0 spiro atoms. The van der Waals surface area contributed by atoms with Gasteiger partial charge in [0.25, 0.3) is 0 Å². The molecule has 0 aliphatic rings. The minimum Gasteiger partial charge on any atom is -0.325 e. The predicted molar refractivity (Wildman–Crippen MR) is 83.0 cm³/mol. The average Bonchev–Trinajstić information content (AvgIpc) is 2.29. The third-order valence-electron chi connectivity index (χ3n) is 2.68. The number of halogens is 1. The summed E-state index contributed by atoms with van der Waals surface area (Å²) in [7, 11) is 0. The van der Waals surface area contributed by atoms with Crippen molar-refractivity contribution in [3.8, 4) is 0 Å². The first-order chi connectivity index (χ1) is 7.67. The molecule has 0 aromatic heterocycles. The van der Waals surface area contributed by atoms with Gasteiger partial charge in [0.15, 0.2) is 0 Å². The lowest BCUT2D eigenvalue weighted by molar-refractivity contribution is -0.117. The smallest absolute Gasteiger partial charge is 0.238 e. The van der Waals surface area contributed by atoms with Gasteiger partial charge >= 0.3 is 0 Å². The van der Waals surface area contributed by atoms with Crippen LogP contribution in [0.1, 0.15) is 19.4 Å². The molecule has 0 aliphatic heterocycles. The molecule has 0 unspecified atom stereocenters. The van der Waals surface area contributed by atoms with Gasteiger partial charge in [0.05, 0.1) is 6.54 Å². The number of benzene rings is 1. The van der Waals surface area contributed by atoms with Gasteiger partial charge in [-0.2, -0.15) is 0 Å². The molecule has 1 aromatic rings. The molecule has 4 heteroatoms. The van der Waals surface area contributed by atoms with Crippen molar-refractivity contribution in [2.45, 2.75) is 20.8 Å². The van der Waals surface area contributed by atoms with E-state index in [-0.39, 0.29) is 29.9 Å². The quantitative estimate of drug-likeness (QED) is 0.830. The highest BCUT2D eigenvalue weighted by atomic mass is 127. The Balaban J connectivity index is 0.00000256. The number of nitrogens with one attached hydrogen (secondary N) is 1. The topological polar surface area (TPSA) is 32.3 Å². The third-order valence-corrected chi connectivity index (χ3v) is 2.68. The highest BCUT2D eigenvalue weighted by molar-refractivity contribution is 14.0. The van der Waals surface area contributed by atoms with Crippen molar-refractivity contribution in [1.29, 1.82) is 0 Å². The molecule has 0 fully saturated rings. The summed E-state index contributed by atoms with van der Waals surface area (Å²) in [4.78, 5) is 13.8. The number of nitrogens with zero attached hydrogens (tertiary/aromatic N) is 1. The zero-order valence-corrected chi connectivity index (χ0v) is 13.0. The van der Waals surface area contributed by atoms with E-state index in [9.17, 15) is 4.79 Å². The summed E-state index contributed by atoms with van der Waals surface area (Å²) in [6.45, 7) is 8.37. The molecule has 0 aliphatic carbocycles. The number of aryl methyl sites for hydroxylation is 1. The Morgan fingerprint density at radius 1 is 1.24 bits per heavy atom. The Morgan fingerprint density at radius 2 is 1.82 bits per heavy atom. The van der Waals surface area contributed by atoms with E-state index in [1.54, 1.807) is 0 Å². The highest BCUT2D eigenvalue weighted by Crippen LogP contribution is 2.12. The number of rotatable bonds is 5. The fourth-order valence-electron chi connectivity index (χ4n) is 1.55. The number of para-hydroxylation sites is 1. The van der Waals surface area contributed by atoms with Crippen molar-refractivity contribution in [1.82, 2.24) is 4.90 Å². The minimum absolute atomic E-state index is 0. The van der Waals surface area contributed by atoms with Gasteiger partial charge in [0, 0.05) is 5.69 Å². The van der Waals surface area contributed by atoms with Crippen LogP contribution in [0.2, 0.25) is 0 Å². The molecule has 1 N–H and O–H groups in total. The zero-order valence-electron chi connectivity index (χ0n) is 10.7. The fraction of sp³-hybridized carbons (Fsp3) is 0.462. The number of amides is 1. The van der Waals surface area contributed by atoms with Crippen LogP contribution in [0.25, 0.3) is 0 Å². The zero-order chi connectivity index (χ0) is 12.0. The molecular weight excluding hydrogens is 327 g/mol. The van der Waals surface area contributed by atoms with Gasteiger partial charge in [0.2, 0.25) is 5.91 Å². The average molecular weight is 348 g/mol. The maximum absolute atomic E-state index is 11.7. The molecule has 0 radical (unpaired) electrons. The molecule has 1 rings (SSSR count). The van der Waals surface area contributed by atoms with Crippen molar-refractivity contribution in [3.63, 3.8) is 0 Å². The Morgan fingerprint density at radius 3 is 2.35 bits per heavy atom. The van der Waals surface area contributed by atoms with Gasteiger partial charge in [-0.25, -0.2) is 0 Å². The molecule has 0 heterocycles. The Labute approximate surface area is 121 Å². The van der Waals surface area contributed by atoms with Gasteiger partial charge in [-0.1, -0.05) is 32.0 Å². The monoisotopic (exact) mass is 348 g/mol. The first kappa shape index (κ1) is 16.4. The van der Waals surface area contributed by atoms with E-state index in [1.807, 2.05) is 31.2 Å². The van der Waals surface area contributed by atoms with Crippen molar-refractivity contribution in [2.75, 3.05) is 25.0 Å². The molecule has 0 bridgehead atoms. The number of anilines is 1. The summed E-state index contributed by atoms with van der Waals surface area (Å²) >= 11 is 0. The maximum atomic E-state index is 11.7. The summed E-state index contributed by atoms with van der Waals surface area (Å²) in [5.74, 6) is 0.0537. The van der Waals surface area contributed by atoms with E-state index < -0.39 is 0 Å². The second-order valence-corrected chi connectivity index (χ2v) is 3.82. The van der Waals surface area contributed by atoms with Gasteiger partial charge in [-0.05, 0) is 31.6 Å². The van der Waals surface area contributed by atoms with Gasteiger partial charge in [-0.3, -0.25) is 9.69 Å². The van der Waals surface area contributed by atoms with Gasteiger partial charge < -0.3 is 5.32 Å². The van der Waals surface area contributed by atoms with E-state index in [1.165, 1.54) is 0 Å². The Bertz CT molecular complexity index is 351. The van der Waals surface area contributed by atoms with Crippen LogP contribution in [-0.2, 0) is 4.79 Å². The van der Waals surface area contributed by atoms with Crippen LogP contribution in [0, 0.1) is 6.92 Å². The van der Waals surface area contributed by atoms with Crippen LogP contribution < -0.4 is 5.32 Å². The normalized spacial score (nSPS) is 9.88. The van der Waals surface area contributed by atoms with E-state index >= 15 is 0 Å². The first-order valence-electron chi connectivity index (χ1n) is 5.75. The Hall–Kier alpha value is -0.620. The van der Waals surface area contributed by atoms with Crippen molar-refractivity contribution < 1.29 is 4.79 Å². The second-order valence-electron chi connectivity index (χ2n) is 3.82. The van der Waals surface area contributed by atoms with Crippen molar-refractivity contribution >= 4 is 35.6 Å². The fourth-order valence-corrected chi connectivity index (χ4v) is 1.55. The summed E-state index contributed by atoms with van der Waals surface area (Å²) in [5, 5.41) is 2.93. The number of carbonyl (C=O) groups is 1. The maximum Gasteiger partial charge on any atom is 0.238 e. The van der Waals surface area contributed by atoms with Crippen LogP contribution in [0.3, 0.4) is 0 Å². The number of hydrogen-bond acceptors (Lipinski definition) is 2. The largest absolute Gasteiger partial charge is 0.325 e. The molecule has 96 valence electrons. The summed E-state index contributed by atoms with van der Waals surface area (Å²) in [6.07, 6.45) is 0. The summed E-state index contributed by atoms with van der Waals surface area (Å²) in [6, 6.07) is 7.82. The second kappa shape index (κ2) is 8.47. The molecule has 0 atom stereocenters. The van der Waals surface area contributed by atoms with Crippen molar-refractivity contribution in [2.24, 2.45) is 0 Å². The van der Waals surface area contributed by atoms with Gasteiger partial charge in [-0.15, -0.1) is 24.0 Å². The highest BCUT2D eigenvalue weighted by Gasteiger charge is 2.07. The molecule has 0 saturated heterocycles. The lowest BCUT2D eigenvalue weighted by Gasteiger charge is -2.17. The van der Waals surface area contributed by atoms with Crippen LogP contribution in [-0.4, -0.2) is 30.4 Å². The van der Waals surface area contributed by atoms with Crippen LogP contribution in [0.4, 0.5) is 5.69 Å². The van der Waals surface area contributed by atoms with E-state index in [2.05, 4.69) is 24.1 Å². The van der Waals surface area contributed by atoms with Crippen LogP contribution >= 0.6 is 24.0 Å². The lowest BCUT2D eigenvalue weighted by Crippen LogP contribution is -2.33. The van der Waals surface area contributed by atoms with E-state index in [4.69, 9.17) is 0 Å². The minimum atomic E-state index is 0. The van der Waals surface area contributed by atoms with E-state index in [0.29, 0.717) is 6.54 Å². The number of likely N-dealkylation sites (N-methyl/N-ethyl adjacent to an activating group) is 1. The van der Waals surface area contributed by atoms with E-state index in [0.717, 1.165) is 24.3 Å². The first-order valence-corrected chi connectivity index (χ1v) is 5.75. The van der Waals surface area contributed by atoms with Crippen molar-refractivity contribution in [3.05, 3.63) is 29.8 Å².